The number of aliphatic hydroxyl groups is 1. The van der Waals surface area contributed by atoms with Gasteiger partial charge in [-0.1, -0.05) is 129 Å². The predicted molar refractivity (Wildman–Crippen MR) is 173 cm³/mol. The van der Waals surface area contributed by atoms with Crippen molar-refractivity contribution in [2.75, 3.05) is 26.4 Å². The molecule has 0 heterocycles. The first kappa shape index (κ1) is 51.2. The van der Waals surface area contributed by atoms with Crippen molar-refractivity contribution in [2.24, 2.45) is 0 Å². The van der Waals surface area contributed by atoms with E-state index >= 15 is 0 Å². The molecular formula is C28H66NNaO9S2. The fourth-order valence-electron chi connectivity index (χ4n) is 3.68. The van der Waals surface area contributed by atoms with E-state index in [-0.39, 0.29) is 55.5 Å². The van der Waals surface area contributed by atoms with Crippen molar-refractivity contribution in [1.29, 1.82) is 0 Å². The normalized spacial score (nSPS) is 10.9. The fourth-order valence-corrected chi connectivity index (χ4v) is 4.65. The van der Waals surface area contributed by atoms with Crippen molar-refractivity contribution in [3.8, 4) is 0 Å². The van der Waals surface area contributed by atoms with Crippen LogP contribution in [0.15, 0.2) is 0 Å². The third kappa shape index (κ3) is 57.0. The Morgan fingerprint density at radius 1 is 0.488 bits per heavy atom. The van der Waals surface area contributed by atoms with Gasteiger partial charge in [0.1, 0.15) is 0 Å². The summed E-state index contributed by atoms with van der Waals surface area (Å²) in [6.07, 6.45) is 25.2. The Balaban J connectivity index is -0.000000161. The van der Waals surface area contributed by atoms with Crippen LogP contribution >= 0.6 is 0 Å². The van der Waals surface area contributed by atoms with Gasteiger partial charge in [-0.3, -0.25) is 4.55 Å². The molecule has 13 heteroatoms. The molecule has 0 atom stereocenters. The number of unbranched alkanes of at least 4 members (excludes halogenated alkanes) is 18. The maximum atomic E-state index is 10.4. The minimum absolute atomic E-state index is 0. The molecule has 41 heavy (non-hydrogen) atoms. The van der Waals surface area contributed by atoms with E-state index in [4.69, 9.17) is 9.66 Å². The van der Waals surface area contributed by atoms with Crippen LogP contribution in [0, 0.1) is 0 Å². The van der Waals surface area contributed by atoms with Crippen molar-refractivity contribution in [3.63, 3.8) is 0 Å². The van der Waals surface area contributed by atoms with Crippen LogP contribution in [0.3, 0.4) is 0 Å². The summed E-state index contributed by atoms with van der Waals surface area (Å²) in [6, 6.07) is 0. The molecule has 0 saturated carbocycles. The van der Waals surface area contributed by atoms with Crippen LogP contribution < -0.4 is 6.15 Å². The Kier molecular flexibility index (Phi) is 50.8. The van der Waals surface area contributed by atoms with Crippen molar-refractivity contribution in [1.82, 2.24) is 6.15 Å². The monoisotopic (exact) mass is 647 g/mol. The Hall–Kier alpha value is 0.660. The molecule has 0 unspecified atom stereocenters. The molecule has 0 fully saturated rings. The van der Waals surface area contributed by atoms with Crippen LogP contribution in [0.4, 0.5) is 0 Å². The second kappa shape index (κ2) is 40.7. The topological polar surface area (TPSA) is 171 Å². The van der Waals surface area contributed by atoms with Gasteiger partial charge in [0, 0.05) is 6.61 Å². The molecule has 0 amide bonds. The van der Waals surface area contributed by atoms with Gasteiger partial charge in [-0.15, -0.1) is 0 Å². The van der Waals surface area contributed by atoms with E-state index in [0.717, 1.165) is 19.3 Å². The van der Waals surface area contributed by atoms with Crippen molar-refractivity contribution in [2.45, 2.75) is 156 Å². The standard InChI is InChI=1S/C12H26O4S.C12H26O.C4H10O4S.H3N.Na.H/c1-2-3-4-5-6-7-8-9-10-11-12-16-17(13,14)15;1-2-3-4-5-6-7-8-9-10-11-12-13;1-3-7-9(5,6)8-4-2;;;/h2-12H2,1H3,(H,13,14,15);13H,2-12H2,1H3;3-4H2,1-2H3;1H3;;. The zero-order chi connectivity index (χ0) is 30.1. The van der Waals surface area contributed by atoms with E-state index in [9.17, 15) is 16.8 Å². The number of hydrogen-bond donors (Lipinski definition) is 3. The Bertz CT molecular complexity index is 645. The van der Waals surface area contributed by atoms with Crippen molar-refractivity contribution in [3.05, 3.63) is 0 Å². The molecule has 250 valence electrons. The van der Waals surface area contributed by atoms with Crippen molar-refractivity contribution >= 4 is 50.4 Å². The first-order valence-corrected chi connectivity index (χ1v) is 18.1. The van der Waals surface area contributed by atoms with E-state index in [1.807, 2.05) is 0 Å². The Labute approximate surface area is 276 Å². The molecular weight excluding hydrogens is 581 g/mol. The van der Waals surface area contributed by atoms with Gasteiger partial charge in [0.25, 0.3) is 0 Å². The summed E-state index contributed by atoms with van der Waals surface area (Å²) in [5.41, 5.74) is 0. The molecule has 0 spiro atoms. The van der Waals surface area contributed by atoms with Crippen LogP contribution in [0.5, 0.6) is 0 Å². The molecule has 0 aliphatic carbocycles. The molecule has 10 nitrogen and oxygen atoms in total. The molecule has 0 rings (SSSR count). The summed E-state index contributed by atoms with van der Waals surface area (Å²) in [6.45, 7) is 8.33. The number of hydrogen-bond acceptors (Lipinski definition) is 9. The average Bonchev–Trinajstić information content (AvgIpc) is 2.86. The summed E-state index contributed by atoms with van der Waals surface area (Å²) < 4.78 is 62.2. The molecule has 0 aromatic heterocycles. The third-order valence-corrected chi connectivity index (χ3v) is 7.28. The first-order valence-electron chi connectivity index (χ1n) is 15.4. The third-order valence-electron chi connectivity index (χ3n) is 5.77. The molecule has 0 aliphatic heterocycles. The van der Waals surface area contributed by atoms with E-state index in [1.165, 1.54) is 103 Å². The Morgan fingerprint density at radius 3 is 1.05 bits per heavy atom. The van der Waals surface area contributed by atoms with Gasteiger partial charge in [-0.05, 0) is 26.7 Å². The SMILES string of the molecule is CCCCCCCCCCCCO.CCCCCCCCCCCCOS(=O)(=O)O.CCOS(=O)(=O)OCC.N.[NaH]. The van der Waals surface area contributed by atoms with Crippen LogP contribution in [-0.4, -0.2) is 82.5 Å². The summed E-state index contributed by atoms with van der Waals surface area (Å²) in [7, 11) is -7.92. The van der Waals surface area contributed by atoms with Gasteiger partial charge in [-0.2, -0.15) is 16.8 Å². The predicted octanol–water partition coefficient (Wildman–Crippen LogP) is 7.44. The minimum atomic E-state index is -4.23. The van der Waals surface area contributed by atoms with E-state index in [0.29, 0.717) is 13.0 Å². The molecule has 0 bridgehead atoms. The van der Waals surface area contributed by atoms with E-state index in [2.05, 4.69) is 26.4 Å². The number of rotatable bonds is 26. The van der Waals surface area contributed by atoms with Crippen LogP contribution in [-0.2, 0) is 33.3 Å². The average molecular weight is 648 g/mol. The number of aliphatic hydroxyl groups excluding tert-OH is 1. The van der Waals surface area contributed by atoms with Crippen LogP contribution in [0.2, 0.25) is 0 Å². The zero-order valence-corrected chi connectivity index (χ0v) is 27.9. The zero-order valence-electron chi connectivity index (χ0n) is 26.2. The molecule has 0 aromatic carbocycles. The molecule has 0 aromatic rings. The molecule has 5 N–H and O–H groups in total. The first-order chi connectivity index (χ1) is 18.6. The van der Waals surface area contributed by atoms with Gasteiger partial charge in [0.15, 0.2) is 0 Å². The second-order valence-corrected chi connectivity index (χ2v) is 11.9. The quantitative estimate of drug-likeness (QED) is 0.0486. The summed E-state index contributed by atoms with van der Waals surface area (Å²) >= 11 is 0. The van der Waals surface area contributed by atoms with E-state index < -0.39 is 20.8 Å². The molecule has 0 radical (unpaired) electrons. The van der Waals surface area contributed by atoms with Crippen LogP contribution in [0.1, 0.15) is 156 Å². The maximum absolute atomic E-state index is 10.4. The molecule has 0 aliphatic rings. The second-order valence-electron chi connectivity index (χ2n) is 9.56. The van der Waals surface area contributed by atoms with Gasteiger partial charge in [0.2, 0.25) is 0 Å². The fraction of sp³-hybridized carbons (Fsp3) is 1.00. The van der Waals surface area contributed by atoms with Gasteiger partial charge < -0.3 is 11.3 Å². The van der Waals surface area contributed by atoms with Crippen LogP contribution in [0.25, 0.3) is 0 Å². The summed E-state index contributed by atoms with van der Waals surface area (Å²) in [5, 5.41) is 8.57. The van der Waals surface area contributed by atoms with Gasteiger partial charge in [0.05, 0.1) is 19.8 Å². The Morgan fingerprint density at radius 2 is 0.780 bits per heavy atom. The summed E-state index contributed by atoms with van der Waals surface area (Å²) in [4.78, 5) is 0. The van der Waals surface area contributed by atoms with Crippen molar-refractivity contribution < 1.29 is 39.0 Å². The molecule has 0 saturated heterocycles. The van der Waals surface area contributed by atoms with Gasteiger partial charge >= 0.3 is 50.4 Å². The van der Waals surface area contributed by atoms with E-state index in [1.54, 1.807) is 13.8 Å². The summed E-state index contributed by atoms with van der Waals surface area (Å²) in [5.74, 6) is 0. The van der Waals surface area contributed by atoms with Gasteiger partial charge in [-0.25, -0.2) is 12.5 Å².